The van der Waals surface area contributed by atoms with Crippen molar-refractivity contribution in [2.24, 2.45) is 5.73 Å². The number of imidazole rings is 1. The maximum atomic E-state index is 9.17. The molecule has 0 aromatic carbocycles. The van der Waals surface area contributed by atoms with Crippen molar-refractivity contribution in [3.8, 4) is 0 Å². The minimum absolute atomic E-state index is 0.00389. The summed E-state index contributed by atoms with van der Waals surface area (Å²) < 4.78 is 1.86. The lowest BCUT2D eigenvalue weighted by Gasteiger charge is -2.22. The van der Waals surface area contributed by atoms with Gasteiger partial charge in [0.1, 0.15) is 0 Å². The van der Waals surface area contributed by atoms with E-state index in [1.54, 1.807) is 12.5 Å². The molecule has 1 rings (SSSR count). The Labute approximate surface area is 78.4 Å². The van der Waals surface area contributed by atoms with Crippen molar-refractivity contribution in [3.05, 3.63) is 18.7 Å². The lowest BCUT2D eigenvalue weighted by atomic mass is 10.1. The third-order valence-electron chi connectivity index (χ3n) is 2.21. The molecule has 0 saturated carbocycles. The van der Waals surface area contributed by atoms with Gasteiger partial charge in [-0.15, -0.1) is 0 Å². The second-order valence-electron chi connectivity index (χ2n) is 3.21. The Morgan fingerprint density at radius 3 is 2.85 bits per heavy atom. The molecule has 1 aromatic rings. The largest absolute Gasteiger partial charge is 0.394 e. The van der Waals surface area contributed by atoms with Crippen LogP contribution in [0.1, 0.15) is 25.8 Å². The molecule has 0 spiro atoms. The van der Waals surface area contributed by atoms with E-state index in [4.69, 9.17) is 10.8 Å². The first-order valence-electron chi connectivity index (χ1n) is 4.63. The number of aliphatic hydroxyl groups is 1. The predicted molar refractivity (Wildman–Crippen MR) is 51.2 cm³/mol. The van der Waals surface area contributed by atoms with Crippen molar-refractivity contribution in [3.63, 3.8) is 0 Å². The van der Waals surface area contributed by atoms with Crippen molar-refractivity contribution in [1.82, 2.24) is 9.55 Å². The number of aromatic nitrogens is 2. The van der Waals surface area contributed by atoms with Crippen LogP contribution in [0.25, 0.3) is 0 Å². The summed E-state index contributed by atoms with van der Waals surface area (Å²) in [5.74, 6) is 0. The van der Waals surface area contributed by atoms with Gasteiger partial charge in [-0.25, -0.2) is 4.98 Å². The Morgan fingerprint density at radius 1 is 1.62 bits per heavy atom. The highest BCUT2D eigenvalue weighted by Crippen LogP contribution is 2.12. The highest BCUT2D eigenvalue weighted by atomic mass is 16.3. The van der Waals surface area contributed by atoms with Crippen molar-refractivity contribution < 1.29 is 5.11 Å². The quantitative estimate of drug-likeness (QED) is 0.700. The molecule has 1 aromatic heterocycles. The molecular formula is C9H17N3O. The van der Waals surface area contributed by atoms with E-state index in [0.717, 1.165) is 12.8 Å². The first-order chi connectivity index (χ1) is 6.29. The van der Waals surface area contributed by atoms with Crippen LogP contribution in [0.3, 0.4) is 0 Å². The highest BCUT2D eigenvalue weighted by molar-refractivity contribution is 4.85. The average Bonchev–Trinajstić information content (AvgIpc) is 2.59. The predicted octanol–water partition coefficient (Wildman–Crippen LogP) is 0.544. The Balaban J connectivity index is 2.62. The van der Waals surface area contributed by atoms with Gasteiger partial charge in [-0.05, 0) is 6.42 Å². The smallest absolute Gasteiger partial charge is 0.0949 e. The van der Waals surface area contributed by atoms with E-state index in [-0.39, 0.29) is 18.7 Å². The number of rotatable bonds is 5. The summed E-state index contributed by atoms with van der Waals surface area (Å²) in [4.78, 5) is 3.93. The Kier molecular flexibility index (Phi) is 3.92. The lowest BCUT2D eigenvalue weighted by molar-refractivity contribution is 0.202. The second kappa shape index (κ2) is 4.99. The molecule has 4 nitrogen and oxygen atoms in total. The van der Waals surface area contributed by atoms with Gasteiger partial charge in [-0.1, -0.05) is 13.3 Å². The molecular weight excluding hydrogens is 166 g/mol. The Bertz CT molecular complexity index is 223. The Hall–Kier alpha value is -0.870. The third-order valence-corrected chi connectivity index (χ3v) is 2.21. The monoisotopic (exact) mass is 183 g/mol. The van der Waals surface area contributed by atoms with E-state index < -0.39 is 0 Å². The summed E-state index contributed by atoms with van der Waals surface area (Å²) >= 11 is 0. The Morgan fingerprint density at radius 2 is 2.38 bits per heavy atom. The zero-order chi connectivity index (χ0) is 9.68. The molecule has 0 amide bonds. The van der Waals surface area contributed by atoms with Gasteiger partial charge in [0, 0.05) is 18.4 Å². The van der Waals surface area contributed by atoms with E-state index in [0.29, 0.717) is 0 Å². The zero-order valence-corrected chi connectivity index (χ0v) is 7.93. The van der Waals surface area contributed by atoms with Crippen LogP contribution in [0.4, 0.5) is 0 Å². The van der Waals surface area contributed by atoms with Crippen molar-refractivity contribution in [2.75, 3.05) is 6.61 Å². The van der Waals surface area contributed by atoms with Crippen molar-refractivity contribution >= 4 is 0 Å². The second-order valence-corrected chi connectivity index (χ2v) is 3.21. The molecule has 13 heavy (non-hydrogen) atoms. The maximum absolute atomic E-state index is 9.17. The molecule has 2 atom stereocenters. The summed E-state index contributed by atoms with van der Waals surface area (Å²) in [6.45, 7) is 2.15. The van der Waals surface area contributed by atoms with Crippen LogP contribution < -0.4 is 5.73 Å². The molecule has 3 N–H and O–H groups in total. The lowest BCUT2D eigenvalue weighted by Crippen LogP contribution is -2.34. The summed E-state index contributed by atoms with van der Waals surface area (Å²) in [5, 5.41) is 9.17. The van der Waals surface area contributed by atoms with E-state index in [9.17, 15) is 0 Å². The van der Waals surface area contributed by atoms with E-state index >= 15 is 0 Å². The average molecular weight is 183 g/mol. The van der Waals surface area contributed by atoms with Gasteiger partial charge in [0.05, 0.1) is 19.0 Å². The number of hydrogen-bond acceptors (Lipinski definition) is 3. The molecule has 1 heterocycles. The summed E-state index contributed by atoms with van der Waals surface area (Å²) in [5.41, 5.74) is 5.92. The third kappa shape index (κ3) is 2.54. The molecule has 0 saturated heterocycles. The van der Waals surface area contributed by atoms with Crippen LogP contribution >= 0.6 is 0 Å². The highest BCUT2D eigenvalue weighted by Gasteiger charge is 2.16. The van der Waals surface area contributed by atoms with Gasteiger partial charge in [0.15, 0.2) is 0 Å². The van der Waals surface area contributed by atoms with Crippen LogP contribution in [-0.4, -0.2) is 27.3 Å². The fraction of sp³-hybridized carbons (Fsp3) is 0.667. The maximum Gasteiger partial charge on any atom is 0.0949 e. The molecule has 0 aliphatic rings. The summed E-state index contributed by atoms with van der Waals surface area (Å²) in [6.07, 6.45) is 7.17. The van der Waals surface area contributed by atoms with Crippen LogP contribution in [0.2, 0.25) is 0 Å². The summed E-state index contributed by atoms with van der Waals surface area (Å²) in [6, 6.07) is -0.0355. The van der Waals surface area contributed by atoms with E-state index in [1.807, 2.05) is 10.8 Å². The molecule has 74 valence electrons. The van der Waals surface area contributed by atoms with Crippen LogP contribution in [0.5, 0.6) is 0 Å². The van der Waals surface area contributed by atoms with Crippen LogP contribution in [0, 0.1) is 0 Å². The number of nitrogens with two attached hydrogens (primary N) is 1. The molecule has 2 unspecified atom stereocenters. The minimum atomic E-state index is -0.0394. The van der Waals surface area contributed by atoms with Crippen LogP contribution in [0.15, 0.2) is 18.7 Å². The van der Waals surface area contributed by atoms with Gasteiger partial charge in [0.25, 0.3) is 0 Å². The first-order valence-corrected chi connectivity index (χ1v) is 4.63. The molecule has 4 heteroatoms. The topological polar surface area (TPSA) is 64.1 Å². The van der Waals surface area contributed by atoms with Gasteiger partial charge < -0.3 is 15.4 Å². The summed E-state index contributed by atoms with van der Waals surface area (Å²) in [7, 11) is 0. The molecule has 0 aliphatic carbocycles. The van der Waals surface area contributed by atoms with Gasteiger partial charge in [-0.3, -0.25) is 0 Å². The van der Waals surface area contributed by atoms with Crippen LogP contribution in [-0.2, 0) is 0 Å². The normalized spacial score (nSPS) is 15.6. The van der Waals surface area contributed by atoms with Gasteiger partial charge in [-0.2, -0.15) is 0 Å². The van der Waals surface area contributed by atoms with E-state index in [1.165, 1.54) is 0 Å². The number of nitrogens with zero attached hydrogens (tertiary/aromatic N) is 2. The molecule has 0 aliphatic heterocycles. The molecule has 0 fully saturated rings. The zero-order valence-electron chi connectivity index (χ0n) is 7.93. The molecule has 0 radical (unpaired) electrons. The van der Waals surface area contributed by atoms with E-state index in [2.05, 4.69) is 11.9 Å². The van der Waals surface area contributed by atoms with Gasteiger partial charge in [0.2, 0.25) is 0 Å². The fourth-order valence-corrected chi connectivity index (χ4v) is 1.44. The SMILES string of the molecule is CCCC(N)C(CO)n1ccnc1. The number of hydrogen-bond donors (Lipinski definition) is 2. The molecule has 0 bridgehead atoms. The van der Waals surface area contributed by atoms with Gasteiger partial charge >= 0.3 is 0 Å². The fourth-order valence-electron chi connectivity index (χ4n) is 1.44. The van der Waals surface area contributed by atoms with Crippen molar-refractivity contribution in [2.45, 2.75) is 31.8 Å². The first kappa shape index (κ1) is 10.2. The minimum Gasteiger partial charge on any atom is -0.394 e. The standard InChI is InChI=1S/C9H17N3O/c1-2-3-8(10)9(6-13)12-5-4-11-7-12/h4-5,7-9,13H,2-3,6,10H2,1H3. The number of aliphatic hydroxyl groups excluding tert-OH is 1. The van der Waals surface area contributed by atoms with Crippen molar-refractivity contribution in [1.29, 1.82) is 0 Å².